The number of hydrogen-bond donors (Lipinski definition) is 1. The molecule has 1 aromatic rings. The molecule has 2 aliphatic rings. The van der Waals surface area contributed by atoms with Gasteiger partial charge in [-0.05, 0) is 12.1 Å². The first-order chi connectivity index (χ1) is 7.77. The van der Waals surface area contributed by atoms with Gasteiger partial charge in [-0.3, -0.25) is 9.89 Å². The smallest absolute Gasteiger partial charge is 0.352 e. The van der Waals surface area contributed by atoms with E-state index < -0.39 is 5.97 Å². The van der Waals surface area contributed by atoms with Crippen LogP contribution in [0.25, 0.3) is 6.20 Å². The van der Waals surface area contributed by atoms with Gasteiger partial charge in [0.25, 0.3) is 0 Å². The van der Waals surface area contributed by atoms with E-state index in [9.17, 15) is 4.79 Å². The number of rotatable bonds is 1. The summed E-state index contributed by atoms with van der Waals surface area (Å²) in [5.74, 6) is -0.223. The van der Waals surface area contributed by atoms with Crippen molar-refractivity contribution >= 4 is 24.3 Å². The lowest BCUT2D eigenvalue weighted by Gasteiger charge is -2.24. The fourth-order valence-electron chi connectivity index (χ4n) is 1.79. The molecule has 1 N–H and O–H groups in total. The van der Waals surface area contributed by atoms with Crippen LogP contribution >= 0.6 is 0 Å². The normalized spacial score (nSPS) is 16.8. The van der Waals surface area contributed by atoms with Crippen LogP contribution in [0.2, 0.25) is 0 Å². The Bertz CT molecular complexity index is 553. The van der Waals surface area contributed by atoms with E-state index in [0.717, 1.165) is 11.5 Å². The van der Waals surface area contributed by atoms with Gasteiger partial charge in [-0.15, -0.1) is 0 Å². The molecule has 80 valence electrons. The molecule has 0 aliphatic carbocycles. The molecular formula is C10H8N4O2. The van der Waals surface area contributed by atoms with Gasteiger partial charge in [0.05, 0.1) is 12.0 Å². The molecule has 2 aliphatic heterocycles. The van der Waals surface area contributed by atoms with Crippen molar-refractivity contribution in [2.45, 2.75) is 0 Å². The van der Waals surface area contributed by atoms with Crippen molar-refractivity contribution in [3.8, 4) is 0 Å². The first-order valence-electron chi connectivity index (χ1n) is 4.73. The minimum atomic E-state index is -0.950. The maximum atomic E-state index is 11.0. The second kappa shape index (κ2) is 3.06. The van der Waals surface area contributed by atoms with Crippen LogP contribution in [0.3, 0.4) is 0 Å². The van der Waals surface area contributed by atoms with Crippen LogP contribution in [0, 0.1) is 0 Å². The molecular weight excluding hydrogens is 208 g/mol. The van der Waals surface area contributed by atoms with Gasteiger partial charge in [-0.2, -0.15) is 0 Å². The van der Waals surface area contributed by atoms with E-state index in [1.54, 1.807) is 40.3 Å². The molecule has 0 saturated carbocycles. The Labute approximate surface area is 90.8 Å². The molecule has 3 heterocycles. The predicted molar refractivity (Wildman–Crippen MR) is 58.5 cm³/mol. The van der Waals surface area contributed by atoms with Gasteiger partial charge in [-0.1, -0.05) is 0 Å². The summed E-state index contributed by atoms with van der Waals surface area (Å²) in [6.07, 6.45) is 5.10. The fourth-order valence-corrected chi connectivity index (χ4v) is 1.79. The van der Waals surface area contributed by atoms with E-state index >= 15 is 0 Å². The number of fused-ring (bicyclic) bond motifs is 3. The summed E-state index contributed by atoms with van der Waals surface area (Å²) in [6, 6.07) is 3.32. The zero-order chi connectivity index (χ0) is 11.1. The topological polar surface area (TPSA) is 70.2 Å². The van der Waals surface area contributed by atoms with Crippen molar-refractivity contribution in [3.63, 3.8) is 0 Å². The third-order valence-corrected chi connectivity index (χ3v) is 2.50. The highest BCUT2D eigenvalue weighted by Gasteiger charge is 2.23. The second-order valence-corrected chi connectivity index (χ2v) is 3.41. The van der Waals surface area contributed by atoms with Crippen molar-refractivity contribution in [1.29, 1.82) is 0 Å². The molecule has 0 bridgehead atoms. The molecule has 0 atom stereocenters. The minimum Gasteiger partial charge on any atom is -0.477 e. The van der Waals surface area contributed by atoms with Crippen LogP contribution in [0.5, 0.6) is 0 Å². The van der Waals surface area contributed by atoms with Gasteiger partial charge < -0.3 is 9.67 Å². The second-order valence-electron chi connectivity index (χ2n) is 3.41. The summed E-state index contributed by atoms with van der Waals surface area (Å²) in [4.78, 5) is 21.0. The van der Waals surface area contributed by atoms with Crippen molar-refractivity contribution in [1.82, 2.24) is 9.47 Å². The lowest BCUT2D eigenvalue weighted by atomic mass is 10.3. The number of aromatic nitrogens is 1. The quantitative estimate of drug-likeness (QED) is 0.750. The van der Waals surface area contributed by atoms with Gasteiger partial charge in [-0.25, -0.2) is 9.79 Å². The van der Waals surface area contributed by atoms with Crippen LogP contribution in [-0.2, 0) is 0 Å². The number of carboxylic acid groups (broad SMARTS) is 1. The Morgan fingerprint density at radius 2 is 2.25 bits per heavy atom. The van der Waals surface area contributed by atoms with Gasteiger partial charge in [0, 0.05) is 12.4 Å². The molecule has 16 heavy (non-hydrogen) atoms. The summed E-state index contributed by atoms with van der Waals surface area (Å²) < 4.78 is 1.61. The SMILES string of the molecule is O=C(O)c1ccc2n1C=CN1C=NCN=C21. The Hall–Kier alpha value is -2.37. The third kappa shape index (κ3) is 1.10. The summed E-state index contributed by atoms with van der Waals surface area (Å²) in [7, 11) is 0. The fraction of sp³-hybridized carbons (Fsp3) is 0.100. The van der Waals surface area contributed by atoms with Crippen molar-refractivity contribution in [2.75, 3.05) is 6.67 Å². The molecule has 0 radical (unpaired) electrons. The Kier molecular flexibility index (Phi) is 1.70. The lowest BCUT2D eigenvalue weighted by molar-refractivity contribution is 0.0689. The standard InChI is InChI=1S/C10H8N4O2/c15-10(16)8-2-1-7-9-12-5-11-6-13(9)3-4-14(7)8/h1-4,6H,5H2,(H,15,16). The minimum absolute atomic E-state index is 0.233. The Balaban J connectivity index is 2.17. The van der Waals surface area contributed by atoms with Crippen molar-refractivity contribution in [3.05, 3.63) is 29.7 Å². The lowest BCUT2D eigenvalue weighted by Crippen LogP contribution is -2.33. The maximum Gasteiger partial charge on any atom is 0.352 e. The monoisotopic (exact) mass is 216 g/mol. The summed E-state index contributed by atoms with van der Waals surface area (Å²) in [5.41, 5.74) is 1.00. The Morgan fingerprint density at radius 1 is 1.38 bits per heavy atom. The predicted octanol–water partition coefficient (Wildman–Crippen LogP) is 0.676. The highest BCUT2D eigenvalue weighted by Crippen LogP contribution is 2.19. The zero-order valence-corrected chi connectivity index (χ0v) is 8.24. The average molecular weight is 216 g/mol. The molecule has 0 amide bonds. The average Bonchev–Trinajstić information content (AvgIpc) is 2.73. The van der Waals surface area contributed by atoms with Crippen LogP contribution < -0.4 is 0 Å². The van der Waals surface area contributed by atoms with E-state index in [4.69, 9.17) is 5.11 Å². The Morgan fingerprint density at radius 3 is 3.06 bits per heavy atom. The van der Waals surface area contributed by atoms with Gasteiger partial charge >= 0.3 is 5.97 Å². The van der Waals surface area contributed by atoms with E-state index in [2.05, 4.69) is 9.98 Å². The molecule has 0 aromatic carbocycles. The molecule has 0 fully saturated rings. The number of amidine groups is 1. The zero-order valence-electron chi connectivity index (χ0n) is 8.24. The summed E-state index contributed by atoms with van der Waals surface area (Å²) in [5, 5.41) is 8.99. The van der Waals surface area contributed by atoms with Crippen LogP contribution in [0.15, 0.2) is 28.3 Å². The molecule has 3 rings (SSSR count). The highest BCUT2D eigenvalue weighted by atomic mass is 16.4. The van der Waals surface area contributed by atoms with Gasteiger partial charge in [0.1, 0.15) is 12.4 Å². The number of aromatic carboxylic acids is 1. The maximum absolute atomic E-state index is 11.0. The van der Waals surface area contributed by atoms with E-state index in [-0.39, 0.29) is 5.69 Å². The van der Waals surface area contributed by atoms with Crippen molar-refractivity contribution in [2.24, 2.45) is 9.98 Å². The molecule has 0 unspecified atom stereocenters. The molecule has 6 heteroatoms. The number of carboxylic acids is 1. The number of carbonyl (C=O) groups is 1. The molecule has 6 nitrogen and oxygen atoms in total. The highest BCUT2D eigenvalue weighted by molar-refractivity contribution is 6.08. The van der Waals surface area contributed by atoms with Gasteiger partial charge in [0.15, 0.2) is 5.84 Å². The molecule has 1 aromatic heterocycles. The first-order valence-corrected chi connectivity index (χ1v) is 4.73. The van der Waals surface area contributed by atoms with Crippen molar-refractivity contribution < 1.29 is 9.90 Å². The number of aliphatic imine (C=N–C) groups is 2. The largest absolute Gasteiger partial charge is 0.477 e. The van der Waals surface area contributed by atoms with E-state index in [1.165, 1.54) is 0 Å². The van der Waals surface area contributed by atoms with E-state index in [0.29, 0.717) is 6.67 Å². The van der Waals surface area contributed by atoms with E-state index in [1.807, 2.05) is 0 Å². The number of nitrogens with zero attached hydrogens (tertiary/aromatic N) is 4. The van der Waals surface area contributed by atoms with Crippen LogP contribution in [0.4, 0.5) is 0 Å². The first kappa shape index (κ1) is 8.90. The molecule has 0 saturated heterocycles. The van der Waals surface area contributed by atoms with Crippen LogP contribution in [-0.4, -0.2) is 39.4 Å². The third-order valence-electron chi connectivity index (χ3n) is 2.50. The van der Waals surface area contributed by atoms with Gasteiger partial charge in [0.2, 0.25) is 0 Å². The molecule has 0 spiro atoms. The van der Waals surface area contributed by atoms with Crippen LogP contribution in [0.1, 0.15) is 16.2 Å². The number of hydrogen-bond acceptors (Lipinski definition) is 4. The summed E-state index contributed by atoms with van der Waals surface area (Å²) >= 11 is 0. The summed E-state index contributed by atoms with van der Waals surface area (Å²) in [6.45, 7) is 0.382.